The van der Waals surface area contributed by atoms with E-state index in [1.54, 1.807) is 6.07 Å². The Morgan fingerprint density at radius 2 is 2.00 bits per heavy atom. The van der Waals surface area contributed by atoms with E-state index in [4.69, 9.17) is 5.73 Å². The van der Waals surface area contributed by atoms with Gasteiger partial charge in [0.2, 0.25) is 5.91 Å². The summed E-state index contributed by atoms with van der Waals surface area (Å²) in [5.74, 6) is -0.400. The van der Waals surface area contributed by atoms with Gasteiger partial charge in [0.15, 0.2) is 0 Å². The summed E-state index contributed by atoms with van der Waals surface area (Å²) in [5.41, 5.74) is 7.62. The van der Waals surface area contributed by atoms with Gasteiger partial charge in [-0.05, 0) is 31.0 Å². The predicted octanol–water partition coefficient (Wildman–Crippen LogP) is 1.69. The quantitative estimate of drug-likeness (QED) is 0.636. The molecule has 1 rings (SSSR count). The Labute approximate surface area is 77.2 Å². The van der Waals surface area contributed by atoms with Crippen LogP contribution in [0.25, 0.3) is 0 Å². The fourth-order valence-electron chi connectivity index (χ4n) is 1.10. The number of carbonyl (C=O) groups is 1. The molecule has 0 aliphatic heterocycles. The van der Waals surface area contributed by atoms with Crippen molar-refractivity contribution >= 4 is 18.5 Å². The number of benzene rings is 1. The highest BCUT2D eigenvalue weighted by Gasteiger charge is 2.07. The highest BCUT2D eigenvalue weighted by molar-refractivity contribution is 7.80. The van der Waals surface area contributed by atoms with E-state index in [1.807, 2.05) is 19.9 Å². The Balaban J connectivity index is 3.36. The summed E-state index contributed by atoms with van der Waals surface area (Å²) in [5, 5.41) is 0. The molecule has 0 atom stereocenters. The highest BCUT2D eigenvalue weighted by atomic mass is 32.1. The molecule has 64 valence electrons. The molecule has 3 heteroatoms. The van der Waals surface area contributed by atoms with Crippen LogP contribution >= 0.6 is 12.6 Å². The lowest BCUT2D eigenvalue weighted by Gasteiger charge is -2.06. The number of aryl methyl sites for hydroxylation is 1. The first-order chi connectivity index (χ1) is 5.54. The Bertz CT molecular complexity index is 334. The molecule has 0 aromatic heterocycles. The second kappa shape index (κ2) is 3.19. The zero-order valence-electron chi connectivity index (χ0n) is 7.09. The number of hydrogen-bond acceptors (Lipinski definition) is 2. The topological polar surface area (TPSA) is 43.1 Å². The monoisotopic (exact) mass is 181 g/mol. The largest absolute Gasteiger partial charge is 0.366 e. The lowest BCUT2D eigenvalue weighted by molar-refractivity contribution is 0.0999. The van der Waals surface area contributed by atoms with Gasteiger partial charge in [-0.25, -0.2) is 0 Å². The van der Waals surface area contributed by atoms with Gasteiger partial charge in [-0.15, -0.1) is 12.6 Å². The fourth-order valence-corrected chi connectivity index (χ4v) is 1.30. The van der Waals surface area contributed by atoms with E-state index in [1.165, 1.54) is 0 Å². The molecule has 0 saturated carbocycles. The molecule has 2 nitrogen and oxygen atoms in total. The summed E-state index contributed by atoms with van der Waals surface area (Å²) < 4.78 is 0. The van der Waals surface area contributed by atoms with Crippen molar-refractivity contribution in [3.63, 3.8) is 0 Å². The Hall–Kier alpha value is -0.960. The number of thiol groups is 1. The van der Waals surface area contributed by atoms with Crippen LogP contribution < -0.4 is 5.73 Å². The lowest BCUT2D eigenvalue weighted by atomic mass is 10.1. The van der Waals surface area contributed by atoms with Crippen LogP contribution in [0.3, 0.4) is 0 Å². The summed E-state index contributed by atoms with van der Waals surface area (Å²) in [6.45, 7) is 3.79. The Morgan fingerprint density at radius 3 is 2.50 bits per heavy atom. The van der Waals surface area contributed by atoms with E-state index in [2.05, 4.69) is 12.6 Å². The SMILES string of the molecule is Cc1ccc(C(N)=O)c(C)c1S. The molecule has 0 unspecified atom stereocenters. The molecule has 1 aromatic rings. The van der Waals surface area contributed by atoms with Gasteiger partial charge in [-0.2, -0.15) is 0 Å². The smallest absolute Gasteiger partial charge is 0.249 e. The molecule has 0 radical (unpaired) electrons. The van der Waals surface area contributed by atoms with E-state index in [9.17, 15) is 4.79 Å². The van der Waals surface area contributed by atoms with Crippen molar-refractivity contribution in [2.45, 2.75) is 18.7 Å². The van der Waals surface area contributed by atoms with Crippen LogP contribution in [0, 0.1) is 13.8 Å². The number of carbonyl (C=O) groups excluding carboxylic acids is 1. The molecule has 0 spiro atoms. The van der Waals surface area contributed by atoms with Crippen molar-refractivity contribution in [1.29, 1.82) is 0 Å². The summed E-state index contributed by atoms with van der Waals surface area (Å²) in [6, 6.07) is 3.57. The van der Waals surface area contributed by atoms with Crippen LogP contribution in [-0.4, -0.2) is 5.91 Å². The summed E-state index contributed by atoms with van der Waals surface area (Å²) in [6.07, 6.45) is 0. The van der Waals surface area contributed by atoms with E-state index < -0.39 is 5.91 Å². The first-order valence-electron chi connectivity index (χ1n) is 3.63. The third kappa shape index (κ3) is 1.46. The van der Waals surface area contributed by atoms with Crippen LogP contribution in [0.4, 0.5) is 0 Å². The normalized spacial score (nSPS) is 9.92. The van der Waals surface area contributed by atoms with E-state index in [-0.39, 0.29) is 0 Å². The maximum Gasteiger partial charge on any atom is 0.249 e. The van der Waals surface area contributed by atoms with Crippen molar-refractivity contribution in [3.05, 3.63) is 28.8 Å². The summed E-state index contributed by atoms with van der Waals surface area (Å²) in [7, 11) is 0. The molecule has 0 aliphatic carbocycles. The van der Waals surface area contributed by atoms with Crippen LogP contribution in [0.1, 0.15) is 21.5 Å². The average Bonchev–Trinajstić information content (AvgIpc) is 2.00. The molecule has 2 N–H and O–H groups in total. The maximum atomic E-state index is 10.9. The third-order valence-electron chi connectivity index (χ3n) is 1.90. The van der Waals surface area contributed by atoms with Crippen molar-refractivity contribution in [1.82, 2.24) is 0 Å². The van der Waals surface area contributed by atoms with Crippen LogP contribution in [-0.2, 0) is 0 Å². The number of amides is 1. The van der Waals surface area contributed by atoms with E-state index >= 15 is 0 Å². The van der Waals surface area contributed by atoms with Crippen molar-refractivity contribution in [3.8, 4) is 0 Å². The van der Waals surface area contributed by atoms with Gasteiger partial charge >= 0.3 is 0 Å². The molecule has 1 aromatic carbocycles. The van der Waals surface area contributed by atoms with Gasteiger partial charge < -0.3 is 5.73 Å². The van der Waals surface area contributed by atoms with Crippen LogP contribution in [0.15, 0.2) is 17.0 Å². The van der Waals surface area contributed by atoms with Gasteiger partial charge in [-0.1, -0.05) is 6.07 Å². The molecule has 0 fully saturated rings. The minimum absolute atomic E-state index is 0.400. The van der Waals surface area contributed by atoms with Crippen molar-refractivity contribution < 1.29 is 4.79 Å². The lowest BCUT2D eigenvalue weighted by Crippen LogP contribution is -2.13. The fraction of sp³-hybridized carbons (Fsp3) is 0.222. The van der Waals surface area contributed by atoms with Crippen LogP contribution in [0.2, 0.25) is 0 Å². The molecule has 0 heterocycles. The average molecular weight is 181 g/mol. The van der Waals surface area contributed by atoms with E-state index in [0.717, 1.165) is 16.0 Å². The molecule has 12 heavy (non-hydrogen) atoms. The maximum absolute atomic E-state index is 10.9. The van der Waals surface area contributed by atoms with E-state index in [0.29, 0.717) is 5.56 Å². The zero-order valence-corrected chi connectivity index (χ0v) is 7.98. The van der Waals surface area contributed by atoms with Gasteiger partial charge in [-0.3, -0.25) is 4.79 Å². The number of hydrogen-bond donors (Lipinski definition) is 2. The molecule has 0 bridgehead atoms. The van der Waals surface area contributed by atoms with Gasteiger partial charge in [0, 0.05) is 10.5 Å². The Kier molecular flexibility index (Phi) is 2.43. The minimum Gasteiger partial charge on any atom is -0.366 e. The molecule has 0 saturated heterocycles. The molecular weight excluding hydrogens is 170 g/mol. The van der Waals surface area contributed by atoms with Crippen molar-refractivity contribution in [2.75, 3.05) is 0 Å². The molecular formula is C9H11NOS. The first kappa shape index (κ1) is 9.13. The number of nitrogens with two attached hydrogens (primary N) is 1. The van der Waals surface area contributed by atoms with Crippen LogP contribution in [0.5, 0.6) is 0 Å². The molecule has 0 aliphatic rings. The highest BCUT2D eigenvalue weighted by Crippen LogP contribution is 2.20. The first-order valence-corrected chi connectivity index (χ1v) is 4.07. The van der Waals surface area contributed by atoms with Gasteiger partial charge in [0.1, 0.15) is 0 Å². The Morgan fingerprint density at radius 1 is 1.42 bits per heavy atom. The summed E-state index contributed by atoms with van der Waals surface area (Å²) >= 11 is 4.27. The van der Waals surface area contributed by atoms with Gasteiger partial charge in [0.25, 0.3) is 0 Å². The third-order valence-corrected chi connectivity index (χ3v) is 2.59. The number of primary amides is 1. The second-order valence-corrected chi connectivity index (χ2v) is 3.22. The summed E-state index contributed by atoms with van der Waals surface area (Å²) in [4.78, 5) is 11.7. The molecule has 1 amide bonds. The minimum atomic E-state index is -0.400. The second-order valence-electron chi connectivity index (χ2n) is 2.77. The zero-order chi connectivity index (χ0) is 9.30. The van der Waals surface area contributed by atoms with Gasteiger partial charge in [0.05, 0.1) is 0 Å². The van der Waals surface area contributed by atoms with Crippen molar-refractivity contribution in [2.24, 2.45) is 5.73 Å². The number of rotatable bonds is 1. The predicted molar refractivity (Wildman–Crippen MR) is 51.7 cm³/mol. The standard InChI is InChI=1S/C9H11NOS/c1-5-3-4-7(9(10)11)6(2)8(5)12/h3-4,12H,1-2H3,(H2,10,11).